The van der Waals surface area contributed by atoms with Gasteiger partial charge in [0.1, 0.15) is 11.4 Å². The van der Waals surface area contributed by atoms with Crippen molar-refractivity contribution in [2.45, 2.75) is 0 Å². The number of nitrogens with one attached hydrogen (secondary N) is 2. The highest BCUT2D eigenvalue weighted by atomic mass is 16.5. The maximum Gasteiger partial charge on any atom is 0.337 e. The molecule has 1 aliphatic heterocycles. The number of ether oxygens (including phenoxy) is 1. The number of fused-ring (bicyclic) bond motifs is 1. The van der Waals surface area contributed by atoms with Gasteiger partial charge in [0.05, 0.1) is 36.9 Å². The van der Waals surface area contributed by atoms with E-state index in [1.807, 2.05) is 6.07 Å². The molecule has 0 bridgehead atoms. The Hall–Kier alpha value is -3.98. The lowest BCUT2D eigenvalue weighted by atomic mass is 10.1. The zero-order valence-electron chi connectivity index (χ0n) is 16.7. The molecule has 158 valence electrons. The summed E-state index contributed by atoms with van der Waals surface area (Å²) < 4.78 is 4.81. The van der Waals surface area contributed by atoms with Crippen LogP contribution in [0, 0.1) is 0 Å². The quantitative estimate of drug-likeness (QED) is 0.513. The molecule has 9 nitrogen and oxygen atoms in total. The number of methoxy groups -OCH3 is 1. The van der Waals surface area contributed by atoms with Gasteiger partial charge in [-0.25, -0.2) is 9.78 Å². The van der Waals surface area contributed by atoms with Crippen molar-refractivity contribution in [3.63, 3.8) is 0 Å². The number of carbonyl (C=O) groups is 2. The number of H-pyrrole nitrogens is 1. The molecule has 1 aromatic heterocycles. The highest BCUT2D eigenvalue weighted by Gasteiger charge is 2.34. The van der Waals surface area contributed by atoms with Gasteiger partial charge in [-0.2, -0.15) is 0 Å². The molecular formula is C22H20N4O5. The van der Waals surface area contributed by atoms with E-state index in [2.05, 4.69) is 15.3 Å². The second-order valence-corrected chi connectivity index (χ2v) is 6.90. The lowest BCUT2D eigenvalue weighted by Crippen LogP contribution is -2.31. The summed E-state index contributed by atoms with van der Waals surface area (Å²) in [6.45, 7) is -0.135. The predicted octanol–water partition coefficient (Wildman–Crippen LogP) is 1.26. The number of β-amino-alcohol motifs (C(OH)–C–C–N with tert-alkyl or cyclic N) is 1. The Kier molecular flexibility index (Phi) is 5.50. The fraction of sp³-hybridized carbons (Fsp3) is 0.182. The van der Waals surface area contributed by atoms with Crippen molar-refractivity contribution in [2.24, 2.45) is 0 Å². The third-order valence-corrected chi connectivity index (χ3v) is 4.99. The van der Waals surface area contributed by atoms with Gasteiger partial charge < -0.3 is 25.0 Å². The number of amides is 1. The van der Waals surface area contributed by atoms with Gasteiger partial charge in [0.2, 0.25) is 0 Å². The monoisotopic (exact) mass is 420 g/mol. The van der Waals surface area contributed by atoms with Crippen LogP contribution in [0.25, 0.3) is 22.3 Å². The smallest absolute Gasteiger partial charge is 0.337 e. The summed E-state index contributed by atoms with van der Waals surface area (Å²) >= 11 is 0. The van der Waals surface area contributed by atoms with E-state index in [1.165, 1.54) is 12.0 Å². The van der Waals surface area contributed by atoms with Gasteiger partial charge in [-0.15, -0.1) is 0 Å². The molecular weight excluding hydrogens is 400 g/mol. The molecule has 1 amide bonds. The van der Waals surface area contributed by atoms with Crippen LogP contribution in [0.5, 0.6) is 0 Å². The molecule has 3 aromatic rings. The maximum atomic E-state index is 12.8. The summed E-state index contributed by atoms with van der Waals surface area (Å²) in [6, 6.07) is 14.1. The van der Waals surface area contributed by atoms with E-state index in [0.717, 1.165) is 0 Å². The van der Waals surface area contributed by atoms with Gasteiger partial charge in [0, 0.05) is 17.8 Å². The minimum absolute atomic E-state index is 0.0192. The fourth-order valence-corrected chi connectivity index (χ4v) is 3.49. The van der Waals surface area contributed by atoms with Gasteiger partial charge in [-0.3, -0.25) is 9.59 Å². The number of esters is 1. The average Bonchev–Trinajstić information content (AvgIpc) is 3.09. The number of aliphatic hydroxyl groups excluding tert-OH is 1. The molecule has 0 aliphatic carbocycles. The van der Waals surface area contributed by atoms with Crippen molar-refractivity contribution in [1.82, 2.24) is 14.9 Å². The molecule has 3 N–H and O–H groups in total. The third-order valence-electron chi connectivity index (χ3n) is 4.99. The number of aromatic nitrogens is 2. The number of nitrogens with zero attached hydrogens (tertiary/aromatic N) is 2. The van der Waals surface area contributed by atoms with Crippen LogP contribution < -0.4 is 10.9 Å². The van der Waals surface area contributed by atoms with Crippen LogP contribution >= 0.6 is 0 Å². The summed E-state index contributed by atoms with van der Waals surface area (Å²) in [5.41, 5.74) is 2.14. The van der Waals surface area contributed by atoms with Crippen LogP contribution in [-0.4, -0.2) is 58.7 Å². The van der Waals surface area contributed by atoms with E-state index < -0.39 is 11.9 Å². The van der Waals surface area contributed by atoms with Gasteiger partial charge in [-0.1, -0.05) is 30.3 Å². The standard InChI is InChI=1S/C22H20N4O5/c1-31-22(30)14-12-26(10-11-27)21(29)19(14)23-15-7-3-2-6-13(15)18-20(28)25-17-9-5-4-8-16(17)24-18/h2-9,23,27H,10-12H2,1H3,(H,25,28). The van der Waals surface area contributed by atoms with Crippen LogP contribution in [0.3, 0.4) is 0 Å². The Labute approximate surface area is 177 Å². The highest BCUT2D eigenvalue weighted by Crippen LogP contribution is 2.29. The first-order chi connectivity index (χ1) is 15.0. The fourth-order valence-electron chi connectivity index (χ4n) is 3.49. The van der Waals surface area contributed by atoms with Crippen LogP contribution in [0.1, 0.15) is 0 Å². The van der Waals surface area contributed by atoms with Gasteiger partial charge in [0.25, 0.3) is 11.5 Å². The number of para-hydroxylation sites is 3. The van der Waals surface area contributed by atoms with E-state index in [0.29, 0.717) is 22.3 Å². The topological polar surface area (TPSA) is 125 Å². The Balaban J connectivity index is 1.79. The number of rotatable bonds is 6. The number of aromatic amines is 1. The van der Waals surface area contributed by atoms with Crippen molar-refractivity contribution in [2.75, 3.05) is 32.1 Å². The Bertz CT molecular complexity index is 1260. The molecule has 0 unspecified atom stereocenters. The van der Waals surface area contributed by atoms with Crippen molar-refractivity contribution < 1.29 is 19.4 Å². The van der Waals surface area contributed by atoms with Crippen LogP contribution in [0.15, 0.2) is 64.6 Å². The molecule has 2 aromatic carbocycles. The second-order valence-electron chi connectivity index (χ2n) is 6.90. The predicted molar refractivity (Wildman–Crippen MR) is 114 cm³/mol. The normalized spacial score (nSPS) is 13.7. The molecule has 0 atom stereocenters. The lowest BCUT2D eigenvalue weighted by molar-refractivity contribution is -0.136. The minimum Gasteiger partial charge on any atom is -0.466 e. The van der Waals surface area contributed by atoms with E-state index in [-0.39, 0.29) is 42.2 Å². The Morgan fingerprint density at radius 2 is 1.94 bits per heavy atom. The molecule has 0 saturated carbocycles. The van der Waals surface area contributed by atoms with E-state index in [4.69, 9.17) is 4.74 Å². The first-order valence-corrected chi connectivity index (χ1v) is 9.60. The van der Waals surface area contributed by atoms with E-state index in [9.17, 15) is 19.5 Å². The first-order valence-electron chi connectivity index (χ1n) is 9.60. The molecule has 1 aliphatic rings. The van der Waals surface area contributed by atoms with Gasteiger partial charge in [-0.05, 0) is 18.2 Å². The zero-order chi connectivity index (χ0) is 22.0. The lowest BCUT2D eigenvalue weighted by Gasteiger charge is -2.16. The van der Waals surface area contributed by atoms with Crippen molar-refractivity contribution in [3.05, 3.63) is 70.2 Å². The van der Waals surface area contributed by atoms with E-state index >= 15 is 0 Å². The summed E-state index contributed by atoms with van der Waals surface area (Å²) in [4.78, 5) is 46.4. The summed E-state index contributed by atoms with van der Waals surface area (Å²) in [5.74, 6) is -1.08. The van der Waals surface area contributed by atoms with E-state index in [1.54, 1.807) is 42.5 Å². The zero-order valence-corrected chi connectivity index (χ0v) is 16.7. The number of anilines is 1. The van der Waals surface area contributed by atoms with Gasteiger partial charge >= 0.3 is 5.97 Å². The molecule has 0 radical (unpaired) electrons. The van der Waals surface area contributed by atoms with Crippen molar-refractivity contribution >= 4 is 28.6 Å². The summed E-state index contributed by atoms with van der Waals surface area (Å²) in [7, 11) is 1.23. The number of benzene rings is 2. The minimum atomic E-state index is -0.643. The molecule has 9 heteroatoms. The molecule has 4 rings (SSSR count). The number of hydrogen-bond donors (Lipinski definition) is 3. The van der Waals surface area contributed by atoms with Crippen LogP contribution in [0.4, 0.5) is 5.69 Å². The second kappa shape index (κ2) is 8.41. The third kappa shape index (κ3) is 3.78. The van der Waals surface area contributed by atoms with Crippen LogP contribution in [-0.2, 0) is 14.3 Å². The van der Waals surface area contributed by atoms with Gasteiger partial charge in [0.15, 0.2) is 0 Å². The van der Waals surface area contributed by atoms with Crippen molar-refractivity contribution in [1.29, 1.82) is 0 Å². The maximum absolute atomic E-state index is 12.8. The molecule has 0 saturated heterocycles. The molecule has 31 heavy (non-hydrogen) atoms. The van der Waals surface area contributed by atoms with Crippen molar-refractivity contribution in [3.8, 4) is 11.3 Å². The Morgan fingerprint density at radius 1 is 1.19 bits per heavy atom. The highest BCUT2D eigenvalue weighted by molar-refractivity contribution is 6.09. The summed E-state index contributed by atoms with van der Waals surface area (Å²) in [6.07, 6.45) is 0. The number of aliphatic hydroxyl groups is 1. The average molecular weight is 420 g/mol. The largest absolute Gasteiger partial charge is 0.466 e. The number of hydrogen-bond acceptors (Lipinski definition) is 7. The SMILES string of the molecule is COC(=O)C1=C(Nc2ccccc2-c2nc3ccccc3[nH]c2=O)C(=O)N(CCO)C1. The summed E-state index contributed by atoms with van der Waals surface area (Å²) in [5, 5.41) is 12.2. The number of carbonyl (C=O) groups excluding carboxylic acids is 2. The van der Waals surface area contributed by atoms with Crippen LogP contribution in [0.2, 0.25) is 0 Å². The molecule has 2 heterocycles. The first kappa shape index (κ1) is 20.3. The Morgan fingerprint density at radius 3 is 2.71 bits per heavy atom. The molecule has 0 fully saturated rings. The molecule has 0 spiro atoms.